The molecule has 1 aliphatic rings. The molecular weight excluding hydrogens is 521 g/mol. The first-order valence-corrected chi connectivity index (χ1v) is 10.5. The van der Waals surface area contributed by atoms with Gasteiger partial charge in [0.15, 0.2) is 17.5 Å². The van der Waals surface area contributed by atoms with Crippen molar-refractivity contribution in [3.8, 4) is 17.2 Å². The number of hydrogen-bond acceptors (Lipinski definition) is 5. The van der Waals surface area contributed by atoms with Crippen molar-refractivity contribution in [2.45, 2.75) is 24.8 Å². The number of methoxy groups -OCH3 is 3. The fourth-order valence-electron chi connectivity index (χ4n) is 3.92. The van der Waals surface area contributed by atoms with E-state index in [1.807, 2.05) is 30.3 Å². The molecule has 2 N–H and O–H groups in total. The van der Waals surface area contributed by atoms with E-state index < -0.39 is 0 Å². The third-order valence-corrected chi connectivity index (χ3v) is 5.88. The van der Waals surface area contributed by atoms with Crippen molar-refractivity contribution < 1.29 is 18.9 Å². The summed E-state index contributed by atoms with van der Waals surface area (Å²) in [6.45, 7) is 2.91. The number of nitrogens with one attached hydrogen (secondary N) is 2. The molecule has 0 atom stereocenters. The minimum Gasteiger partial charge on any atom is -0.497 e. The number of ether oxygens (including phenoxy) is 4. The highest BCUT2D eigenvalue weighted by Crippen LogP contribution is 2.35. The zero-order valence-corrected chi connectivity index (χ0v) is 21.6. The normalized spacial score (nSPS) is 15.3. The average molecular weight is 555 g/mol. The summed E-state index contributed by atoms with van der Waals surface area (Å²) in [7, 11) is 6.75. The summed E-state index contributed by atoms with van der Waals surface area (Å²) in [6.07, 6.45) is 1.91. The lowest BCUT2D eigenvalue weighted by Crippen LogP contribution is -2.47. The first kappa shape index (κ1) is 26.1. The zero-order chi connectivity index (χ0) is 22.1. The van der Waals surface area contributed by atoms with E-state index in [-0.39, 0.29) is 29.4 Å². The summed E-state index contributed by atoms with van der Waals surface area (Å²) in [6, 6.07) is 14.3. The van der Waals surface area contributed by atoms with Crippen molar-refractivity contribution in [2.24, 2.45) is 4.99 Å². The van der Waals surface area contributed by atoms with Gasteiger partial charge in [-0.3, -0.25) is 4.99 Å². The molecule has 32 heavy (non-hydrogen) atoms. The highest BCUT2D eigenvalue weighted by Gasteiger charge is 2.34. The molecule has 1 aliphatic heterocycles. The summed E-state index contributed by atoms with van der Waals surface area (Å²) < 4.78 is 21.7. The third-order valence-electron chi connectivity index (χ3n) is 5.88. The van der Waals surface area contributed by atoms with E-state index in [9.17, 15) is 0 Å². The van der Waals surface area contributed by atoms with Crippen LogP contribution in [0, 0.1) is 0 Å². The van der Waals surface area contributed by atoms with Crippen molar-refractivity contribution in [3.63, 3.8) is 0 Å². The van der Waals surface area contributed by atoms with Crippen molar-refractivity contribution >= 4 is 29.9 Å². The second-order valence-electron chi connectivity index (χ2n) is 7.59. The molecule has 0 aliphatic carbocycles. The van der Waals surface area contributed by atoms with Gasteiger partial charge in [0.25, 0.3) is 0 Å². The van der Waals surface area contributed by atoms with Crippen molar-refractivity contribution in [3.05, 3.63) is 53.6 Å². The quantitative estimate of drug-likeness (QED) is 0.294. The van der Waals surface area contributed by atoms with Gasteiger partial charge in [0, 0.05) is 38.8 Å². The van der Waals surface area contributed by atoms with Gasteiger partial charge in [-0.1, -0.05) is 18.2 Å². The predicted octanol–water partition coefficient (Wildman–Crippen LogP) is 3.74. The molecule has 0 unspecified atom stereocenters. The molecule has 0 spiro atoms. The van der Waals surface area contributed by atoms with E-state index in [1.54, 1.807) is 28.4 Å². The van der Waals surface area contributed by atoms with Crippen molar-refractivity contribution in [1.82, 2.24) is 10.6 Å². The molecule has 7 nitrogen and oxygen atoms in total. The van der Waals surface area contributed by atoms with Crippen molar-refractivity contribution in [2.75, 3.05) is 48.1 Å². The highest BCUT2D eigenvalue weighted by molar-refractivity contribution is 14.0. The van der Waals surface area contributed by atoms with Crippen LogP contribution in [-0.2, 0) is 16.7 Å². The number of nitrogens with zero attached hydrogens (tertiary/aromatic N) is 1. The van der Waals surface area contributed by atoms with Crippen LogP contribution >= 0.6 is 24.0 Å². The predicted molar refractivity (Wildman–Crippen MR) is 138 cm³/mol. The first-order valence-electron chi connectivity index (χ1n) is 10.5. The van der Waals surface area contributed by atoms with Crippen molar-refractivity contribution in [1.29, 1.82) is 0 Å². The monoisotopic (exact) mass is 555 g/mol. The third kappa shape index (κ3) is 6.41. The van der Waals surface area contributed by atoms with Gasteiger partial charge >= 0.3 is 0 Å². The Morgan fingerprint density at radius 1 is 0.938 bits per heavy atom. The summed E-state index contributed by atoms with van der Waals surface area (Å²) >= 11 is 0. The SMILES string of the molecule is CN=C(NCc1ccc(OC)c(OC)c1)NCC1(c2ccc(OC)cc2)CCOCC1.I. The Morgan fingerprint density at radius 2 is 1.62 bits per heavy atom. The fraction of sp³-hybridized carbons (Fsp3) is 0.458. The van der Waals surface area contributed by atoms with Crippen LogP contribution in [0.3, 0.4) is 0 Å². The Morgan fingerprint density at radius 3 is 2.22 bits per heavy atom. The van der Waals surface area contributed by atoms with Gasteiger partial charge in [-0.05, 0) is 48.2 Å². The van der Waals surface area contributed by atoms with E-state index in [0.29, 0.717) is 12.3 Å². The second kappa shape index (κ2) is 12.7. The smallest absolute Gasteiger partial charge is 0.191 e. The maximum absolute atomic E-state index is 5.65. The number of benzene rings is 2. The average Bonchev–Trinajstić information content (AvgIpc) is 2.84. The molecule has 2 aromatic carbocycles. The maximum Gasteiger partial charge on any atom is 0.191 e. The zero-order valence-electron chi connectivity index (χ0n) is 19.3. The lowest BCUT2D eigenvalue weighted by molar-refractivity contribution is 0.0513. The van der Waals surface area contributed by atoms with Gasteiger partial charge in [0.1, 0.15) is 5.75 Å². The van der Waals surface area contributed by atoms with Gasteiger partial charge in [-0.2, -0.15) is 0 Å². The molecule has 1 fully saturated rings. The largest absolute Gasteiger partial charge is 0.497 e. The van der Waals surface area contributed by atoms with E-state index >= 15 is 0 Å². The topological polar surface area (TPSA) is 73.3 Å². The van der Waals surface area contributed by atoms with Crippen LogP contribution in [0.5, 0.6) is 17.2 Å². The molecule has 0 amide bonds. The van der Waals surface area contributed by atoms with Crippen LogP contribution in [-0.4, -0.2) is 54.1 Å². The number of guanidine groups is 1. The summed E-state index contributed by atoms with van der Waals surface area (Å²) in [5.74, 6) is 3.06. The molecule has 0 bridgehead atoms. The minimum atomic E-state index is -0.00846. The van der Waals surface area contributed by atoms with Crippen LogP contribution in [0.2, 0.25) is 0 Å². The molecule has 8 heteroatoms. The molecule has 3 rings (SSSR count). The first-order chi connectivity index (χ1) is 15.1. The molecule has 1 heterocycles. The van der Waals surface area contributed by atoms with Crippen LogP contribution in [0.4, 0.5) is 0 Å². The lowest BCUT2D eigenvalue weighted by atomic mass is 9.74. The molecule has 1 saturated heterocycles. The van der Waals surface area contributed by atoms with Crippen LogP contribution in [0.25, 0.3) is 0 Å². The Labute approximate surface area is 207 Å². The molecule has 176 valence electrons. The Bertz CT molecular complexity index is 868. The lowest BCUT2D eigenvalue weighted by Gasteiger charge is -2.38. The molecule has 2 aromatic rings. The molecule has 0 radical (unpaired) electrons. The maximum atomic E-state index is 5.65. The second-order valence-corrected chi connectivity index (χ2v) is 7.59. The van der Waals surface area contributed by atoms with Gasteiger partial charge in [0.2, 0.25) is 0 Å². The van der Waals surface area contributed by atoms with Gasteiger partial charge in [0.05, 0.1) is 21.3 Å². The Balaban J connectivity index is 0.00000363. The Kier molecular flexibility index (Phi) is 10.4. The molecule has 0 saturated carbocycles. The standard InChI is InChI=1S/C24H33N3O4.HI/c1-25-23(26-16-18-5-10-21(29-3)22(15-18)30-4)27-17-24(11-13-31-14-12-24)19-6-8-20(28-2)9-7-19;/h5-10,15H,11-14,16-17H2,1-4H3,(H2,25,26,27);1H. The summed E-state index contributed by atoms with van der Waals surface area (Å²) in [5, 5.41) is 6.92. The fourth-order valence-corrected chi connectivity index (χ4v) is 3.92. The minimum absolute atomic E-state index is 0. The number of rotatable bonds is 8. The highest BCUT2D eigenvalue weighted by atomic mass is 127. The number of aliphatic imine (C=N–C) groups is 1. The van der Waals surface area contributed by atoms with E-state index in [1.165, 1.54) is 5.56 Å². The number of hydrogen-bond donors (Lipinski definition) is 2. The van der Waals surface area contributed by atoms with Crippen LogP contribution < -0.4 is 24.8 Å². The Hall–Kier alpha value is -2.20. The van der Waals surface area contributed by atoms with Gasteiger partial charge in [-0.25, -0.2) is 0 Å². The van der Waals surface area contributed by atoms with E-state index in [4.69, 9.17) is 18.9 Å². The summed E-state index contributed by atoms with van der Waals surface area (Å²) in [4.78, 5) is 4.40. The van der Waals surface area contributed by atoms with E-state index in [2.05, 4.69) is 27.8 Å². The summed E-state index contributed by atoms with van der Waals surface area (Å²) in [5.41, 5.74) is 2.36. The number of halogens is 1. The molecular formula is C24H34IN3O4. The van der Waals surface area contributed by atoms with Gasteiger partial charge in [-0.15, -0.1) is 24.0 Å². The van der Waals surface area contributed by atoms with Crippen LogP contribution in [0.1, 0.15) is 24.0 Å². The molecule has 0 aromatic heterocycles. The van der Waals surface area contributed by atoms with Crippen LogP contribution in [0.15, 0.2) is 47.5 Å². The van der Waals surface area contributed by atoms with Gasteiger partial charge < -0.3 is 29.6 Å². The van der Waals surface area contributed by atoms with E-state index in [0.717, 1.165) is 55.6 Å².